The quantitative estimate of drug-likeness (QED) is 0.456. The van der Waals surface area contributed by atoms with E-state index in [0.717, 1.165) is 22.5 Å². The summed E-state index contributed by atoms with van der Waals surface area (Å²) in [6.45, 7) is 7.45. The van der Waals surface area contributed by atoms with Crippen molar-refractivity contribution in [2.45, 2.75) is 52.7 Å². The van der Waals surface area contributed by atoms with Crippen molar-refractivity contribution in [2.24, 2.45) is 0 Å². The Morgan fingerprint density at radius 3 is 2.14 bits per heavy atom. The molecule has 2 unspecified atom stereocenters. The first-order valence-electron chi connectivity index (χ1n) is 11.5. The van der Waals surface area contributed by atoms with Gasteiger partial charge in [0.05, 0.1) is 18.6 Å². The van der Waals surface area contributed by atoms with Crippen molar-refractivity contribution in [2.75, 3.05) is 23.7 Å². The Bertz CT molecular complexity index is 1090. The molecule has 8 nitrogen and oxygen atoms in total. The molecule has 2 aromatic rings. The van der Waals surface area contributed by atoms with Gasteiger partial charge in [-0.1, -0.05) is 30.7 Å². The molecule has 0 heterocycles. The van der Waals surface area contributed by atoms with Crippen LogP contribution in [0.25, 0.3) is 0 Å². The number of ether oxygens (including phenoxy) is 1. The predicted molar refractivity (Wildman–Crippen MR) is 139 cm³/mol. The monoisotopic (exact) mass is 523 g/mol. The normalized spacial score (nSPS) is 13.0. The molecule has 10 heteroatoms. The van der Waals surface area contributed by atoms with Gasteiger partial charge in [-0.05, 0) is 69.2 Å². The highest BCUT2D eigenvalue weighted by Gasteiger charge is 2.30. The van der Waals surface area contributed by atoms with E-state index in [1.54, 1.807) is 55.5 Å². The molecular weight excluding hydrogens is 490 g/mol. The van der Waals surface area contributed by atoms with Gasteiger partial charge >= 0.3 is 0 Å². The van der Waals surface area contributed by atoms with Crippen molar-refractivity contribution in [1.82, 2.24) is 10.2 Å². The second-order valence-corrected chi connectivity index (χ2v) is 10.7. The van der Waals surface area contributed by atoms with Crippen LogP contribution in [0.3, 0.4) is 0 Å². The fraction of sp³-hybridized carbons (Fsp3) is 0.440. The molecule has 2 aromatic carbocycles. The van der Waals surface area contributed by atoms with Gasteiger partial charge in [-0.2, -0.15) is 0 Å². The number of nitrogens with one attached hydrogen (secondary N) is 1. The number of nitrogens with zero attached hydrogens (tertiary/aromatic N) is 2. The average molecular weight is 524 g/mol. The molecule has 0 aliphatic heterocycles. The molecule has 0 bridgehead atoms. The number of hydrogen-bond acceptors (Lipinski definition) is 5. The molecule has 2 amide bonds. The summed E-state index contributed by atoms with van der Waals surface area (Å²) in [5, 5.41) is 3.44. The number of anilines is 1. The highest BCUT2D eigenvalue weighted by Crippen LogP contribution is 2.23. The van der Waals surface area contributed by atoms with Crippen molar-refractivity contribution >= 4 is 39.1 Å². The highest BCUT2D eigenvalue weighted by molar-refractivity contribution is 7.92. The largest absolute Gasteiger partial charge is 0.494 e. The van der Waals surface area contributed by atoms with Gasteiger partial charge in [0.1, 0.15) is 18.3 Å². The summed E-state index contributed by atoms with van der Waals surface area (Å²) < 4.78 is 31.7. The van der Waals surface area contributed by atoms with Crippen LogP contribution in [0.2, 0.25) is 5.02 Å². The molecule has 2 rings (SSSR count). The first-order chi connectivity index (χ1) is 16.5. The third kappa shape index (κ3) is 8.43. The van der Waals surface area contributed by atoms with Gasteiger partial charge in [-0.25, -0.2) is 8.42 Å². The Labute approximate surface area is 213 Å². The van der Waals surface area contributed by atoms with E-state index in [9.17, 15) is 18.0 Å². The Morgan fingerprint density at radius 2 is 1.63 bits per heavy atom. The van der Waals surface area contributed by atoms with Crippen LogP contribution >= 0.6 is 11.6 Å². The summed E-state index contributed by atoms with van der Waals surface area (Å²) in [6.07, 6.45) is 1.78. The molecule has 0 aliphatic rings. The summed E-state index contributed by atoms with van der Waals surface area (Å²) in [5.41, 5.74) is 1.09. The lowest BCUT2D eigenvalue weighted by Crippen LogP contribution is -2.52. The molecule has 0 fully saturated rings. The summed E-state index contributed by atoms with van der Waals surface area (Å²) in [6, 6.07) is 12.5. The van der Waals surface area contributed by atoms with E-state index in [2.05, 4.69) is 5.32 Å². The molecule has 1 N–H and O–H groups in total. The molecule has 0 radical (unpaired) electrons. The topological polar surface area (TPSA) is 96.0 Å². The Hall–Kier alpha value is -2.78. The maximum Gasteiger partial charge on any atom is 0.244 e. The van der Waals surface area contributed by atoms with Crippen LogP contribution in [0.4, 0.5) is 5.69 Å². The van der Waals surface area contributed by atoms with Gasteiger partial charge in [0.2, 0.25) is 21.8 Å². The van der Waals surface area contributed by atoms with Crippen LogP contribution in [-0.2, 0) is 26.2 Å². The molecule has 35 heavy (non-hydrogen) atoms. The molecule has 0 spiro atoms. The minimum atomic E-state index is -3.79. The highest BCUT2D eigenvalue weighted by atomic mass is 35.5. The number of hydrogen-bond donors (Lipinski definition) is 1. The molecule has 0 saturated heterocycles. The van der Waals surface area contributed by atoms with E-state index >= 15 is 0 Å². The van der Waals surface area contributed by atoms with Gasteiger partial charge in [0.25, 0.3) is 0 Å². The lowest BCUT2D eigenvalue weighted by atomic mass is 10.1. The Morgan fingerprint density at radius 1 is 1.03 bits per heavy atom. The van der Waals surface area contributed by atoms with Crippen LogP contribution in [-0.4, -0.2) is 56.6 Å². The summed E-state index contributed by atoms with van der Waals surface area (Å²) >= 11 is 5.99. The number of sulfonamides is 1. The van der Waals surface area contributed by atoms with Crippen LogP contribution in [0, 0.1) is 0 Å². The van der Waals surface area contributed by atoms with Crippen molar-refractivity contribution in [3.05, 3.63) is 59.1 Å². The SMILES string of the molecule is CCOc1ccc(N(CC(=O)N(Cc2ccc(Cl)cc2)C(C)C(=O)NC(C)CC)S(C)(=O)=O)cc1. The first kappa shape index (κ1) is 28.5. The van der Waals surface area contributed by atoms with Crippen molar-refractivity contribution in [3.63, 3.8) is 0 Å². The summed E-state index contributed by atoms with van der Waals surface area (Å²) in [4.78, 5) is 27.8. The molecule has 0 aromatic heterocycles. The molecule has 192 valence electrons. The maximum absolute atomic E-state index is 13.5. The zero-order chi connectivity index (χ0) is 26.2. The van der Waals surface area contributed by atoms with Crippen LogP contribution in [0.5, 0.6) is 5.75 Å². The van der Waals surface area contributed by atoms with Crippen LogP contribution < -0.4 is 14.4 Å². The fourth-order valence-corrected chi connectivity index (χ4v) is 4.30. The summed E-state index contributed by atoms with van der Waals surface area (Å²) in [5.74, 6) is -0.226. The Kier molecular flexibility index (Phi) is 10.4. The van der Waals surface area contributed by atoms with E-state index in [0.29, 0.717) is 23.1 Å². The molecular formula is C25H34ClN3O5S. The standard InChI is InChI=1S/C25H34ClN3O5S/c1-6-18(3)27-25(31)19(4)28(16-20-8-10-21(26)11-9-20)24(30)17-29(35(5,32)33)22-12-14-23(15-13-22)34-7-2/h8-15,18-19H,6-7,16-17H2,1-5H3,(H,27,31). The third-order valence-electron chi connectivity index (χ3n) is 5.55. The predicted octanol–water partition coefficient (Wildman–Crippen LogP) is 3.84. The third-order valence-corrected chi connectivity index (χ3v) is 6.94. The minimum Gasteiger partial charge on any atom is -0.494 e. The van der Waals surface area contributed by atoms with E-state index in [1.165, 1.54) is 4.90 Å². The van der Waals surface area contributed by atoms with Gasteiger partial charge in [-0.15, -0.1) is 0 Å². The molecule has 2 atom stereocenters. The van der Waals surface area contributed by atoms with E-state index in [-0.39, 0.29) is 18.5 Å². The van der Waals surface area contributed by atoms with Gasteiger partial charge < -0.3 is 15.0 Å². The molecule has 0 saturated carbocycles. The second kappa shape index (κ2) is 12.8. The van der Waals surface area contributed by atoms with Gasteiger partial charge in [0, 0.05) is 17.6 Å². The first-order valence-corrected chi connectivity index (χ1v) is 13.7. The summed E-state index contributed by atoms with van der Waals surface area (Å²) in [7, 11) is -3.79. The Balaban J connectivity index is 2.35. The number of benzene rings is 2. The zero-order valence-electron chi connectivity index (χ0n) is 20.8. The smallest absolute Gasteiger partial charge is 0.244 e. The van der Waals surface area contributed by atoms with E-state index < -0.39 is 28.5 Å². The van der Waals surface area contributed by atoms with E-state index in [4.69, 9.17) is 16.3 Å². The maximum atomic E-state index is 13.5. The van der Waals surface area contributed by atoms with Crippen LogP contribution in [0.1, 0.15) is 39.7 Å². The number of rotatable bonds is 12. The fourth-order valence-electron chi connectivity index (χ4n) is 3.32. The zero-order valence-corrected chi connectivity index (χ0v) is 22.4. The average Bonchev–Trinajstić information content (AvgIpc) is 2.81. The number of carbonyl (C=O) groups excluding carboxylic acids is 2. The number of carbonyl (C=O) groups is 2. The lowest BCUT2D eigenvalue weighted by molar-refractivity contribution is -0.139. The van der Waals surface area contributed by atoms with E-state index in [1.807, 2.05) is 20.8 Å². The van der Waals surface area contributed by atoms with Crippen molar-refractivity contribution in [3.8, 4) is 5.75 Å². The minimum absolute atomic E-state index is 0.0613. The second-order valence-electron chi connectivity index (χ2n) is 8.34. The molecule has 0 aliphatic carbocycles. The van der Waals surface area contributed by atoms with Gasteiger partial charge in [-0.3, -0.25) is 13.9 Å². The van der Waals surface area contributed by atoms with Crippen molar-refractivity contribution in [1.29, 1.82) is 0 Å². The van der Waals surface area contributed by atoms with Crippen molar-refractivity contribution < 1.29 is 22.7 Å². The van der Waals surface area contributed by atoms with Crippen LogP contribution in [0.15, 0.2) is 48.5 Å². The lowest BCUT2D eigenvalue weighted by Gasteiger charge is -2.32. The van der Waals surface area contributed by atoms with Gasteiger partial charge in [0.15, 0.2) is 0 Å². The number of amides is 2. The number of halogens is 1.